The van der Waals surface area contributed by atoms with E-state index in [-0.39, 0.29) is 6.04 Å². The molecule has 2 unspecified atom stereocenters. The minimum Gasteiger partial charge on any atom is -0.323 e. The van der Waals surface area contributed by atoms with Crippen LogP contribution in [0, 0.1) is 3.57 Å². The van der Waals surface area contributed by atoms with Crippen molar-refractivity contribution in [2.24, 2.45) is 5.73 Å². The molecule has 98 valence electrons. The molecule has 0 amide bonds. The zero-order chi connectivity index (χ0) is 13.4. The highest BCUT2D eigenvalue weighted by Gasteiger charge is 2.30. The molecule has 2 aromatic rings. The van der Waals surface area contributed by atoms with Gasteiger partial charge in [0.2, 0.25) is 0 Å². The Morgan fingerprint density at radius 3 is 3.05 bits per heavy atom. The van der Waals surface area contributed by atoms with E-state index in [2.05, 4.69) is 67.8 Å². The molecule has 3 rings (SSSR count). The summed E-state index contributed by atoms with van der Waals surface area (Å²) in [6.07, 6.45) is 4.04. The van der Waals surface area contributed by atoms with Crippen molar-refractivity contribution in [3.63, 3.8) is 0 Å². The smallest absolute Gasteiger partial charge is 0.0485 e. The maximum Gasteiger partial charge on any atom is 0.0485 e. The molecular weight excluding hydrogens is 415 g/mol. The largest absolute Gasteiger partial charge is 0.323 e. The second-order valence-electron chi connectivity index (χ2n) is 4.88. The van der Waals surface area contributed by atoms with E-state index in [9.17, 15) is 0 Å². The van der Waals surface area contributed by atoms with Gasteiger partial charge in [0.1, 0.15) is 0 Å². The van der Waals surface area contributed by atoms with Gasteiger partial charge in [-0.25, -0.2) is 0 Å². The second kappa shape index (κ2) is 5.50. The van der Waals surface area contributed by atoms with Gasteiger partial charge in [0.05, 0.1) is 0 Å². The first kappa shape index (κ1) is 13.5. The van der Waals surface area contributed by atoms with Crippen LogP contribution in [0.4, 0.5) is 0 Å². The van der Waals surface area contributed by atoms with Gasteiger partial charge < -0.3 is 5.73 Å². The highest BCUT2D eigenvalue weighted by atomic mass is 127. The molecule has 0 bridgehead atoms. The topological polar surface area (TPSA) is 38.9 Å². The van der Waals surface area contributed by atoms with E-state index in [0.717, 1.165) is 17.3 Å². The van der Waals surface area contributed by atoms with E-state index in [0.29, 0.717) is 5.92 Å². The zero-order valence-electron chi connectivity index (χ0n) is 10.3. The van der Waals surface area contributed by atoms with Crippen molar-refractivity contribution >= 4 is 38.5 Å². The average Bonchev–Trinajstić information content (AvgIpc) is 2.84. The van der Waals surface area contributed by atoms with Crippen LogP contribution >= 0.6 is 38.5 Å². The quantitative estimate of drug-likeness (QED) is 0.728. The fourth-order valence-corrected chi connectivity index (χ4v) is 3.81. The Balaban J connectivity index is 1.97. The van der Waals surface area contributed by atoms with E-state index in [1.54, 1.807) is 0 Å². The normalized spacial score (nSPS) is 19.2. The van der Waals surface area contributed by atoms with Crippen molar-refractivity contribution in [1.82, 2.24) is 4.98 Å². The number of hydrogen-bond donors (Lipinski definition) is 1. The van der Waals surface area contributed by atoms with Crippen LogP contribution in [0.5, 0.6) is 0 Å². The second-order valence-corrected chi connectivity index (χ2v) is 6.98. The summed E-state index contributed by atoms with van der Waals surface area (Å²) in [6, 6.07) is 10.5. The Labute approximate surface area is 135 Å². The van der Waals surface area contributed by atoms with E-state index in [1.165, 1.54) is 20.4 Å². The van der Waals surface area contributed by atoms with Crippen LogP contribution in [0.25, 0.3) is 0 Å². The number of nitrogens with zero attached hydrogens (tertiary/aromatic N) is 1. The van der Waals surface area contributed by atoms with Gasteiger partial charge in [0, 0.05) is 31.9 Å². The predicted molar refractivity (Wildman–Crippen MR) is 89.1 cm³/mol. The van der Waals surface area contributed by atoms with Crippen LogP contribution in [-0.4, -0.2) is 4.98 Å². The van der Waals surface area contributed by atoms with Crippen molar-refractivity contribution in [1.29, 1.82) is 0 Å². The minimum atomic E-state index is 0.000223. The number of rotatable bonds is 2. The molecule has 0 saturated heterocycles. The molecule has 2 atom stereocenters. The molecule has 1 heterocycles. The van der Waals surface area contributed by atoms with Gasteiger partial charge >= 0.3 is 0 Å². The number of halogens is 2. The molecule has 1 aromatic heterocycles. The average molecular weight is 429 g/mol. The number of fused-ring (bicyclic) bond motifs is 1. The number of pyridine rings is 1. The number of hydrogen-bond acceptors (Lipinski definition) is 2. The Morgan fingerprint density at radius 1 is 1.37 bits per heavy atom. The summed E-state index contributed by atoms with van der Waals surface area (Å²) in [7, 11) is 0. The van der Waals surface area contributed by atoms with E-state index >= 15 is 0 Å². The van der Waals surface area contributed by atoms with E-state index in [1.807, 2.05) is 12.3 Å². The van der Waals surface area contributed by atoms with Crippen LogP contribution in [0.1, 0.15) is 35.2 Å². The van der Waals surface area contributed by atoms with Crippen molar-refractivity contribution in [3.8, 4) is 0 Å². The Morgan fingerprint density at radius 2 is 2.21 bits per heavy atom. The van der Waals surface area contributed by atoms with Crippen molar-refractivity contribution in [2.45, 2.75) is 24.8 Å². The third-order valence-corrected chi connectivity index (χ3v) is 5.15. The third kappa shape index (κ3) is 2.58. The van der Waals surface area contributed by atoms with Crippen LogP contribution < -0.4 is 5.73 Å². The summed E-state index contributed by atoms with van der Waals surface area (Å²) < 4.78 is 2.30. The number of benzene rings is 1. The first-order valence-electron chi connectivity index (χ1n) is 6.31. The van der Waals surface area contributed by atoms with Gasteiger partial charge in [-0.1, -0.05) is 22.0 Å². The van der Waals surface area contributed by atoms with Crippen molar-refractivity contribution < 1.29 is 0 Å². The molecule has 0 fully saturated rings. The van der Waals surface area contributed by atoms with Gasteiger partial charge in [-0.15, -0.1) is 0 Å². The molecule has 2 N–H and O–H groups in total. The standard InChI is InChI=1S/C15H14BrIN2/c16-13-6-4-10(17)8-12(13)14(18)11-5-3-9-2-1-7-19-15(9)11/h1-2,4,6-8,11,14H,3,5,18H2. The number of aryl methyl sites for hydroxylation is 1. The molecule has 0 aliphatic heterocycles. The molecule has 2 nitrogen and oxygen atoms in total. The lowest BCUT2D eigenvalue weighted by Crippen LogP contribution is -2.19. The summed E-state index contributed by atoms with van der Waals surface area (Å²) in [4.78, 5) is 4.54. The summed E-state index contributed by atoms with van der Waals surface area (Å²) in [5.41, 5.74) is 10.2. The van der Waals surface area contributed by atoms with Gasteiger partial charge in [0.15, 0.2) is 0 Å². The number of aromatic nitrogens is 1. The number of nitrogens with two attached hydrogens (primary N) is 1. The van der Waals surface area contributed by atoms with Crippen LogP contribution in [0.3, 0.4) is 0 Å². The Kier molecular flexibility index (Phi) is 3.91. The lowest BCUT2D eigenvalue weighted by molar-refractivity contribution is 0.539. The summed E-state index contributed by atoms with van der Waals surface area (Å²) in [5.74, 6) is 0.325. The monoisotopic (exact) mass is 428 g/mol. The van der Waals surface area contributed by atoms with Gasteiger partial charge in [-0.3, -0.25) is 4.98 Å². The first-order valence-corrected chi connectivity index (χ1v) is 8.18. The van der Waals surface area contributed by atoms with Crippen molar-refractivity contribution in [2.75, 3.05) is 0 Å². The van der Waals surface area contributed by atoms with Crippen LogP contribution in [0.2, 0.25) is 0 Å². The minimum absolute atomic E-state index is 0.000223. The highest BCUT2D eigenvalue weighted by molar-refractivity contribution is 14.1. The summed E-state index contributed by atoms with van der Waals surface area (Å²) >= 11 is 5.94. The van der Waals surface area contributed by atoms with Gasteiger partial charge in [-0.05, 0) is 70.8 Å². The molecule has 4 heteroatoms. The molecule has 0 radical (unpaired) electrons. The first-order chi connectivity index (χ1) is 9.16. The Bertz CT molecular complexity index is 615. The molecule has 19 heavy (non-hydrogen) atoms. The molecular formula is C15H14BrIN2. The van der Waals surface area contributed by atoms with Crippen LogP contribution in [-0.2, 0) is 6.42 Å². The fourth-order valence-electron chi connectivity index (χ4n) is 2.78. The zero-order valence-corrected chi connectivity index (χ0v) is 14.1. The lowest BCUT2D eigenvalue weighted by atomic mass is 9.91. The van der Waals surface area contributed by atoms with Gasteiger partial charge in [-0.2, -0.15) is 0 Å². The SMILES string of the molecule is NC(c1cc(I)ccc1Br)C1CCc2cccnc21. The summed E-state index contributed by atoms with van der Waals surface area (Å²) in [6.45, 7) is 0. The van der Waals surface area contributed by atoms with Gasteiger partial charge in [0.25, 0.3) is 0 Å². The molecule has 1 aromatic carbocycles. The molecule has 1 aliphatic carbocycles. The van der Waals surface area contributed by atoms with E-state index in [4.69, 9.17) is 5.73 Å². The molecule has 0 spiro atoms. The fraction of sp³-hybridized carbons (Fsp3) is 0.267. The van der Waals surface area contributed by atoms with Crippen molar-refractivity contribution in [3.05, 3.63) is 61.4 Å². The van der Waals surface area contributed by atoms with Crippen LogP contribution in [0.15, 0.2) is 41.0 Å². The third-order valence-electron chi connectivity index (χ3n) is 3.75. The molecule has 0 saturated carbocycles. The summed E-state index contributed by atoms with van der Waals surface area (Å²) in [5, 5.41) is 0. The van der Waals surface area contributed by atoms with E-state index < -0.39 is 0 Å². The predicted octanol–water partition coefficient (Wildman–Crippen LogP) is 4.18. The maximum absolute atomic E-state index is 6.51. The lowest BCUT2D eigenvalue weighted by Gasteiger charge is -2.21. The highest BCUT2D eigenvalue weighted by Crippen LogP contribution is 2.41. The Hall–Kier alpha value is -0.460. The molecule has 1 aliphatic rings. The maximum atomic E-state index is 6.51.